The average molecular weight is 284 g/mol. The molecule has 3 N–H and O–H groups in total. The fourth-order valence-electron chi connectivity index (χ4n) is 3.15. The first-order chi connectivity index (χ1) is 10.1. The zero-order chi connectivity index (χ0) is 14.9. The van der Waals surface area contributed by atoms with Gasteiger partial charge < -0.3 is 10.2 Å². The Morgan fingerprint density at radius 2 is 2.00 bits per heavy atom. The molecule has 0 aliphatic heterocycles. The van der Waals surface area contributed by atoms with E-state index in [0.29, 0.717) is 17.6 Å². The number of hydrogen-bond donors (Lipinski definition) is 2. The molecule has 2 aromatic rings. The summed E-state index contributed by atoms with van der Waals surface area (Å²) in [5.41, 5.74) is 1.60. The Labute approximate surface area is 124 Å². The molecule has 0 spiro atoms. The van der Waals surface area contributed by atoms with Gasteiger partial charge in [-0.2, -0.15) is 5.90 Å². The van der Waals surface area contributed by atoms with E-state index in [2.05, 4.69) is 41.3 Å². The van der Waals surface area contributed by atoms with Crippen molar-refractivity contribution in [1.82, 2.24) is 9.97 Å². The second-order valence-electron chi connectivity index (χ2n) is 6.06. The van der Waals surface area contributed by atoms with Crippen LogP contribution in [0.5, 0.6) is 5.75 Å². The summed E-state index contributed by atoms with van der Waals surface area (Å²) < 4.78 is 0. The zero-order valence-corrected chi connectivity index (χ0v) is 12.3. The van der Waals surface area contributed by atoms with Crippen LogP contribution in [-0.2, 0) is 0 Å². The van der Waals surface area contributed by atoms with Gasteiger partial charge in [0.05, 0.1) is 6.20 Å². The van der Waals surface area contributed by atoms with Crippen LogP contribution in [0.1, 0.15) is 25.3 Å². The number of nitrogens with one attached hydrogen (secondary N) is 1. The topological polar surface area (TPSA) is 73.1 Å². The molecule has 0 saturated heterocycles. The minimum Gasteiger partial charge on any atom is -0.412 e. The van der Waals surface area contributed by atoms with Crippen molar-refractivity contribution in [2.45, 2.75) is 19.8 Å². The van der Waals surface area contributed by atoms with E-state index in [1.165, 1.54) is 5.56 Å². The van der Waals surface area contributed by atoms with E-state index in [1.54, 1.807) is 18.6 Å². The first-order valence-electron chi connectivity index (χ1n) is 7.09. The minimum absolute atomic E-state index is 0.278. The van der Waals surface area contributed by atoms with E-state index in [4.69, 9.17) is 10.7 Å². The third kappa shape index (κ3) is 2.69. The Bertz CT molecular complexity index is 597. The van der Waals surface area contributed by atoms with Crippen molar-refractivity contribution >= 4 is 5.82 Å². The summed E-state index contributed by atoms with van der Waals surface area (Å²) in [5, 5.41) is 3.37. The van der Waals surface area contributed by atoms with Crippen molar-refractivity contribution in [1.29, 1.82) is 0 Å². The van der Waals surface area contributed by atoms with Crippen molar-refractivity contribution in [3.8, 4) is 5.75 Å². The molecule has 1 aliphatic carbocycles. The predicted molar refractivity (Wildman–Crippen MR) is 81.8 cm³/mol. The molecule has 21 heavy (non-hydrogen) atoms. The number of nitrogens with zero attached hydrogens (tertiary/aromatic N) is 2. The van der Waals surface area contributed by atoms with Crippen molar-refractivity contribution in [2.24, 2.45) is 17.2 Å². The number of rotatable bonds is 5. The number of aromatic nitrogens is 2. The van der Waals surface area contributed by atoms with E-state index in [-0.39, 0.29) is 5.41 Å². The fraction of sp³-hybridized carbons (Fsp3) is 0.375. The summed E-state index contributed by atoms with van der Waals surface area (Å²) in [6.07, 6.45) is 5.12. The van der Waals surface area contributed by atoms with Crippen LogP contribution in [-0.4, -0.2) is 16.5 Å². The Balaban J connectivity index is 1.66. The molecule has 0 radical (unpaired) electrons. The Kier molecular flexibility index (Phi) is 3.51. The van der Waals surface area contributed by atoms with Crippen LogP contribution in [0.4, 0.5) is 5.82 Å². The summed E-state index contributed by atoms with van der Waals surface area (Å²) in [5.74, 6) is 7.78. The maximum atomic E-state index is 5.16. The second kappa shape index (κ2) is 5.33. The summed E-state index contributed by atoms with van der Waals surface area (Å²) in [6.45, 7) is 5.49. The van der Waals surface area contributed by atoms with Crippen molar-refractivity contribution in [3.63, 3.8) is 0 Å². The van der Waals surface area contributed by atoms with E-state index in [9.17, 15) is 0 Å². The molecule has 1 heterocycles. The van der Waals surface area contributed by atoms with E-state index < -0.39 is 0 Å². The van der Waals surface area contributed by atoms with Gasteiger partial charge in [0.2, 0.25) is 0 Å². The maximum absolute atomic E-state index is 5.16. The lowest BCUT2D eigenvalue weighted by molar-refractivity contribution is 0.334. The van der Waals surface area contributed by atoms with Gasteiger partial charge in [0.1, 0.15) is 11.6 Å². The molecule has 0 amide bonds. The predicted octanol–water partition coefficient (Wildman–Crippen LogP) is 2.58. The first-order valence-corrected chi connectivity index (χ1v) is 7.09. The van der Waals surface area contributed by atoms with Gasteiger partial charge in [0, 0.05) is 18.9 Å². The van der Waals surface area contributed by atoms with Crippen LogP contribution >= 0.6 is 0 Å². The van der Waals surface area contributed by atoms with Crippen LogP contribution in [0.3, 0.4) is 0 Å². The van der Waals surface area contributed by atoms with Crippen LogP contribution in [0.2, 0.25) is 0 Å². The molecule has 5 nitrogen and oxygen atoms in total. The van der Waals surface area contributed by atoms with Gasteiger partial charge in [-0.05, 0) is 34.9 Å². The van der Waals surface area contributed by atoms with Gasteiger partial charge in [-0.15, -0.1) is 0 Å². The molecule has 1 saturated carbocycles. The van der Waals surface area contributed by atoms with Crippen molar-refractivity contribution < 1.29 is 4.84 Å². The van der Waals surface area contributed by atoms with E-state index in [0.717, 1.165) is 12.4 Å². The lowest BCUT2D eigenvalue weighted by Gasteiger charge is -2.05. The number of anilines is 1. The molecule has 110 valence electrons. The van der Waals surface area contributed by atoms with Crippen LogP contribution < -0.4 is 16.1 Å². The monoisotopic (exact) mass is 284 g/mol. The third-order valence-electron chi connectivity index (χ3n) is 4.49. The van der Waals surface area contributed by atoms with Crippen LogP contribution in [0, 0.1) is 11.3 Å². The summed E-state index contributed by atoms with van der Waals surface area (Å²) in [6, 6.07) is 8.02. The number of benzene rings is 1. The molecule has 0 bridgehead atoms. The van der Waals surface area contributed by atoms with Crippen molar-refractivity contribution in [3.05, 3.63) is 48.4 Å². The highest BCUT2D eigenvalue weighted by atomic mass is 16.6. The smallest absolute Gasteiger partial charge is 0.146 e. The highest BCUT2D eigenvalue weighted by Gasteiger charge is 2.57. The zero-order valence-electron chi connectivity index (χ0n) is 12.3. The molecular weight excluding hydrogens is 264 g/mol. The second-order valence-corrected chi connectivity index (χ2v) is 6.06. The van der Waals surface area contributed by atoms with Crippen LogP contribution in [0.25, 0.3) is 0 Å². The molecule has 1 aromatic carbocycles. The standard InChI is InChI=1S/C16H20N4O/c1-16(2)13(9-20-14-10-18-7-8-19-14)15(16)11-3-5-12(21-17)6-4-11/h3-8,10,13,15H,9,17H2,1-2H3,(H,19,20). The van der Waals surface area contributed by atoms with Gasteiger partial charge >= 0.3 is 0 Å². The number of nitrogens with two attached hydrogens (primary N) is 1. The average Bonchev–Trinajstić information content (AvgIpc) is 3.07. The quantitative estimate of drug-likeness (QED) is 0.826. The summed E-state index contributed by atoms with van der Waals surface area (Å²) >= 11 is 0. The van der Waals surface area contributed by atoms with E-state index in [1.807, 2.05) is 12.1 Å². The molecule has 5 heteroatoms. The molecular formula is C16H20N4O. The van der Waals surface area contributed by atoms with Gasteiger partial charge in [-0.3, -0.25) is 4.98 Å². The van der Waals surface area contributed by atoms with Gasteiger partial charge in [-0.1, -0.05) is 26.0 Å². The van der Waals surface area contributed by atoms with Gasteiger partial charge in [-0.25, -0.2) is 4.98 Å². The van der Waals surface area contributed by atoms with Crippen LogP contribution in [0.15, 0.2) is 42.9 Å². The molecule has 3 rings (SSSR count). The Morgan fingerprint density at radius 3 is 2.62 bits per heavy atom. The van der Waals surface area contributed by atoms with Crippen molar-refractivity contribution in [2.75, 3.05) is 11.9 Å². The Morgan fingerprint density at radius 1 is 1.24 bits per heavy atom. The normalized spacial score (nSPS) is 22.6. The highest BCUT2D eigenvalue weighted by Crippen LogP contribution is 2.64. The Hall–Kier alpha value is -2.14. The highest BCUT2D eigenvalue weighted by molar-refractivity contribution is 5.38. The summed E-state index contributed by atoms with van der Waals surface area (Å²) in [4.78, 5) is 13.0. The lowest BCUT2D eigenvalue weighted by Crippen LogP contribution is -2.08. The summed E-state index contributed by atoms with van der Waals surface area (Å²) in [7, 11) is 0. The van der Waals surface area contributed by atoms with Gasteiger partial charge in [0.25, 0.3) is 0 Å². The third-order valence-corrected chi connectivity index (χ3v) is 4.49. The molecule has 1 aromatic heterocycles. The molecule has 2 unspecified atom stereocenters. The molecule has 2 atom stereocenters. The fourth-order valence-corrected chi connectivity index (χ4v) is 3.15. The SMILES string of the molecule is CC1(C)C(CNc2cnccn2)C1c1ccc(ON)cc1. The maximum Gasteiger partial charge on any atom is 0.146 e. The molecule has 1 aliphatic rings. The minimum atomic E-state index is 0.278. The molecule has 1 fully saturated rings. The largest absolute Gasteiger partial charge is 0.412 e. The first kappa shape index (κ1) is 13.8. The lowest BCUT2D eigenvalue weighted by atomic mass is 10.0. The van der Waals surface area contributed by atoms with Gasteiger partial charge in [0.15, 0.2) is 0 Å². The van der Waals surface area contributed by atoms with E-state index >= 15 is 0 Å². The number of hydrogen-bond acceptors (Lipinski definition) is 5.